The van der Waals surface area contributed by atoms with Gasteiger partial charge in [0.25, 0.3) is 5.91 Å². The lowest BCUT2D eigenvalue weighted by Crippen LogP contribution is -2.30. The lowest BCUT2D eigenvalue weighted by atomic mass is 10.2. The fourth-order valence-corrected chi connectivity index (χ4v) is 3.32. The van der Waals surface area contributed by atoms with Crippen LogP contribution in [0.1, 0.15) is 35.1 Å². The quantitative estimate of drug-likeness (QED) is 0.699. The van der Waals surface area contributed by atoms with Gasteiger partial charge in [0, 0.05) is 38.9 Å². The van der Waals surface area contributed by atoms with Crippen molar-refractivity contribution in [3.8, 4) is 0 Å². The fraction of sp³-hybridized carbons (Fsp3) is 0.500. The third-order valence-corrected chi connectivity index (χ3v) is 4.88. The Balaban J connectivity index is 1.40. The summed E-state index contributed by atoms with van der Waals surface area (Å²) < 4.78 is 7.22. The van der Waals surface area contributed by atoms with E-state index in [9.17, 15) is 4.79 Å². The van der Waals surface area contributed by atoms with Gasteiger partial charge in [-0.05, 0) is 24.6 Å². The van der Waals surface area contributed by atoms with Crippen LogP contribution in [0.15, 0.2) is 36.4 Å². The van der Waals surface area contributed by atoms with E-state index in [0.29, 0.717) is 12.2 Å². The Bertz CT molecular complexity index is 690. The smallest absolute Gasteiger partial charge is 0.271 e. The van der Waals surface area contributed by atoms with Gasteiger partial charge in [-0.2, -0.15) is 5.10 Å². The van der Waals surface area contributed by atoms with E-state index in [2.05, 4.69) is 46.5 Å². The molecule has 6 nitrogen and oxygen atoms in total. The molecule has 0 saturated heterocycles. The number of rotatable bonds is 9. The number of methoxy groups -OCH3 is 1. The molecule has 1 aromatic heterocycles. The normalized spacial score (nSPS) is 16.0. The molecule has 2 aromatic rings. The predicted molar refractivity (Wildman–Crippen MR) is 101 cm³/mol. The van der Waals surface area contributed by atoms with Crippen LogP contribution < -0.4 is 5.32 Å². The Hall–Kier alpha value is -2.18. The van der Waals surface area contributed by atoms with Crippen LogP contribution in [0.3, 0.4) is 0 Å². The topological polar surface area (TPSA) is 59.4 Å². The first-order chi connectivity index (χ1) is 12.7. The van der Waals surface area contributed by atoms with Gasteiger partial charge in [0.2, 0.25) is 0 Å². The molecular formula is C20H28N4O2. The minimum absolute atomic E-state index is 0.0908. The Morgan fingerprint density at radius 3 is 2.88 bits per heavy atom. The zero-order chi connectivity index (χ0) is 18.4. The monoisotopic (exact) mass is 356 g/mol. The maximum Gasteiger partial charge on any atom is 0.271 e. The molecule has 26 heavy (non-hydrogen) atoms. The minimum Gasteiger partial charge on any atom is -0.379 e. The average molecular weight is 356 g/mol. The summed E-state index contributed by atoms with van der Waals surface area (Å²) >= 11 is 0. The molecular weight excluding hydrogens is 328 g/mol. The number of amides is 1. The first-order valence-electron chi connectivity index (χ1n) is 9.33. The molecule has 0 unspecified atom stereocenters. The summed E-state index contributed by atoms with van der Waals surface area (Å²) in [7, 11) is 1.71. The molecule has 0 saturated carbocycles. The van der Waals surface area contributed by atoms with Crippen LogP contribution in [0.2, 0.25) is 0 Å². The van der Waals surface area contributed by atoms with Crippen LogP contribution in [0.5, 0.6) is 0 Å². The van der Waals surface area contributed by atoms with Crippen LogP contribution in [0.4, 0.5) is 0 Å². The molecule has 0 radical (unpaired) electrons. The molecule has 1 aliphatic heterocycles. The van der Waals surface area contributed by atoms with Crippen molar-refractivity contribution in [1.82, 2.24) is 20.0 Å². The molecule has 0 fully saturated rings. The van der Waals surface area contributed by atoms with Gasteiger partial charge in [0.1, 0.15) is 5.69 Å². The summed E-state index contributed by atoms with van der Waals surface area (Å²) in [6.07, 6.45) is 1.92. The van der Waals surface area contributed by atoms with Crippen LogP contribution in [0.25, 0.3) is 0 Å². The number of hydrogen-bond donors (Lipinski definition) is 1. The minimum atomic E-state index is -0.0908. The Morgan fingerprint density at radius 2 is 2.19 bits per heavy atom. The number of fused-ring (bicyclic) bond motifs is 1. The van der Waals surface area contributed by atoms with Crippen molar-refractivity contribution in [2.75, 3.05) is 26.7 Å². The summed E-state index contributed by atoms with van der Waals surface area (Å²) in [5, 5.41) is 7.37. The molecule has 0 bridgehead atoms. The number of benzene rings is 1. The number of nitrogens with zero attached hydrogens (tertiary/aromatic N) is 3. The van der Waals surface area contributed by atoms with Gasteiger partial charge in [-0.1, -0.05) is 37.3 Å². The first-order valence-corrected chi connectivity index (χ1v) is 9.33. The maximum atomic E-state index is 12.3. The number of aromatic nitrogens is 2. The Kier molecular flexibility index (Phi) is 6.41. The van der Waals surface area contributed by atoms with Gasteiger partial charge in [-0.3, -0.25) is 14.4 Å². The summed E-state index contributed by atoms with van der Waals surface area (Å²) in [4.78, 5) is 14.7. The fourth-order valence-electron chi connectivity index (χ4n) is 3.32. The van der Waals surface area contributed by atoms with Gasteiger partial charge < -0.3 is 10.1 Å². The zero-order valence-electron chi connectivity index (χ0n) is 15.6. The molecule has 1 amide bonds. The summed E-state index contributed by atoms with van der Waals surface area (Å²) in [6, 6.07) is 12.4. The second-order valence-electron chi connectivity index (χ2n) is 6.73. The van der Waals surface area contributed by atoms with E-state index >= 15 is 0 Å². The predicted octanol–water partition coefficient (Wildman–Crippen LogP) is 2.10. The van der Waals surface area contributed by atoms with Crippen molar-refractivity contribution in [3.63, 3.8) is 0 Å². The van der Waals surface area contributed by atoms with Crippen molar-refractivity contribution < 1.29 is 9.53 Å². The highest BCUT2D eigenvalue weighted by Gasteiger charge is 2.24. The van der Waals surface area contributed by atoms with Crippen LogP contribution >= 0.6 is 0 Å². The molecule has 1 N–H and O–H groups in total. The van der Waals surface area contributed by atoms with E-state index in [4.69, 9.17) is 4.74 Å². The van der Waals surface area contributed by atoms with Crippen molar-refractivity contribution in [2.24, 2.45) is 0 Å². The van der Waals surface area contributed by atoms with E-state index in [0.717, 1.165) is 44.7 Å². The van der Waals surface area contributed by atoms with Crippen molar-refractivity contribution in [3.05, 3.63) is 53.3 Å². The zero-order valence-corrected chi connectivity index (χ0v) is 15.6. The highest BCUT2D eigenvalue weighted by atomic mass is 16.5. The third-order valence-electron chi connectivity index (χ3n) is 4.88. The summed E-state index contributed by atoms with van der Waals surface area (Å²) in [6.45, 7) is 6.45. The third kappa shape index (κ3) is 4.71. The average Bonchev–Trinajstić information content (AvgIpc) is 3.23. The highest BCUT2D eigenvalue weighted by molar-refractivity contribution is 5.92. The molecule has 140 valence electrons. The van der Waals surface area contributed by atoms with Crippen LogP contribution in [-0.2, 0) is 24.2 Å². The molecule has 0 spiro atoms. The number of carbonyl (C=O) groups excluding carboxylic acids is 1. The van der Waals surface area contributed by atoms with Gasteiger partial charge in [-0.25, -0.2) is 0 Å². The summed E-state index contributed by atoms with van der Waals surface area (Å²) in [5.74, 6) is -0.0908. The Labute approximate surface area is 155 Å². The second-order valence-corrected chi connectivity index (χ2v) is 6.73. The van der Waals surface area contributed by atoms with Gasteiger partial charge >= 0.3 is 0 Å². The highest BCUT2D eigenvalue weighted by Crippen LogP contribution is 2.17. The lowest BCUT2D eigenvalue weighted by Gasteiger charge is -2.20. The standard InChI is InChI=1S/C20H28N4O2/c1-3-23(14-16-8-5-4-6-9-16)11-7-10-21-20(25)19-13-17-12-18(26-2)15-24(17)22-19/h4-6,8-9,13,18H,3,7,10-12,14-15H2,1-2H3,(H,21,25)/t18-/m0/s1. The van der Waals surface area contributed by atoms with Gasteiger partial charge in [0.15, 0.2) is 0 Å². The van der Waals surface area contributed by atoms with Crippen molar-refractivity contribution in [2.45, 2.75) is 39.0 Å². The second kappa shape index (κ2) is 8.96. The molecule has 2 heterocycles. The number of ether oxygens (including phenoxy) is 1. The largest absolute Gasteiger partial charge is 0.379 e. The Morgan fingerprint density at radius 1 is 1.38 bits per heavy atom. The summed E-state index contributed by atoms with van der Waals surface area (Å²) in [5.41, 5.74) is 2.90. The van der Waals surface area contributed by atoms with E-state index in [1.807, 2.05) is 16.8 Å². The molecule has 1 aromatic carbocycles. The van der Waals surface area contributed by atoms with Crippen LogP contribution in [-0.4, -0.2) is 53.4 Å². The molecule has 3 rings (SSSR count). The molecule has 6 heteroatoms. The van der Waals surface area contributed by atoms with Crippen molar-refractivity contribution in [1.29, 1.82) is 0 Å². The van der Waals surface area contributed by atoms with E-state index < -0.39 is 0 Å². The number of carbonyl (C=O) groups is 1. The molecule has 0 aliphatic carbocycles. The SMILES string of the molecule is CCN(CCCNC(=O)c1cc2n(n1)C[C@@H](OC)C2)Cc1ccccc1. The number of nitrogens with one attached hydrogen (secondary N) is 1. The van der Waals surface area contributed by atoms with Gasteiger partial charge in [-0.15, -0.1) is 0 Å². The number of hydrogen-bond acceptors (Lipinski definition) is 4. The van der Waals surface area contributed by atoms with E-state index in [-0.39, 0.29) is 12.0 Å². The van der Waals surface area contributed by atoms with E-state index in [1.165, 1.54) is 5.56 Å². The molecule has 1 aliphatic rings. The molecule has 1 atom stereocenters. The van der Waals surface area contributed by atoms with E-state index in [1.54, 1.807) is 7.11 Å². The van der Waals surface area contributed by atoms with Crippen LogP contribution in [0, 0.1) is 0 Å². The van der Waals surface area contributed by atoms with Crippen molar-refractivity contribution >= 4 is 5.91 Å². The van der Waals surface area contributed by atoms with Gasteiger partial charge in [0.05, 0.1) is 12.6 Å². The first kappa shape index (κ1) is 18.6. The maximum absolute atomic E-state index is 12.3. The lowest BCUT2D eigenvalue weighted by molar-refractivity contribution is 0.0934.